The Hall–Kier alpha value is -1.15. The first-order chi connectivity index (χ1) is 8.09. The number of carbonyl (C=O) groups is 1. The molecule has 0 aliphatic heterocycles. The highest BCUT2D eigenvalue weighted by atomic mass is 16.1. The van der Waals surface area contributed by atoms with Crippen molar-refractivity contribution in [1.29, 1.82) is 0 Å². The van der Waals surface area contributed by atoms with Gasteiger partial charge in [0.15, 0.2) is 5.78 Å². The van der Waals surface area contributed by atoms with Crippen molar-refractivity contribution in [2.75, 3.05) is 6.54 Å². The molecule has 0 heterocycles. The van der Waals surface area contributed by atoms with Crippen LogP contribution in [0.5, 0.6) is 0 Å². The van der Waals surface area contributed by atoms with Gasteiger partial charge in [-0.3, -0.25) is 4.79 Å². The van der Waals surface area contributed by atoms with Crippen molar-refractivity contribution < 1.29 is 4.79 Å². The fourth-order valence-corrected chi connectivity index (χ4v) is 2.76. The van der Waals surface area contributed by atoms with Crippen LogP contribution >= 0.6 is 0 Å². The van der Waals surface area contributed by atoms with Gasteiger partial charge >= 0.3 is 0 Å². The summed E-state index contributed by atoms with van der Waals surface area (Å²) < 4.78 is 0. The third-order valence-corrected chi connectivity index (χ3v) is 4.20. The van der Waals surface area contributed by atoms with Crippen molar-refractivity contribution in [3.8, 4) is 0 Å². The molecule has 0 amide bonds. The monoisotopic (exact) mass is 231 g/mol. The fraction of sp³-hybridized carbons (Fsp3) is 0.533. The number of benzene rings is 1. The molecular formula is C15H21NO. The number of Topliss-reactive ketones (excluding diaryl/α,β-unsaturated/α-hetero) is 1. The Labute approximate surface area is 103 Å². The molecule has 0 unspecified atom stereocenters. The lowest BCUT2D eigenvalue weighted by molar-refractivity contribution is 0.0810. The van der Waals surface area contributed by atoms with E-state index in [1.54, 1.807) is 0 Å². The normalized spacial score (nSPS) is 18.3. The number of ketones is 1. The van der Waals surface area contributed by atoms with Gasteiger partial charge in [0.2, 0.25) is 0 Å². The van der Waals surface area contributed by atoms with Gasteiger partial charge in [0.05, 0.1) is 0 Å². The van der Waals surface area contributed by atoms with Crippen molar-refractivity contribution in [2.45, 2.75) is 39.5 Å². The van der Waals surface area contributed by atoms with Crippen molar-refractivity contribution in [1.82, 2.24) is 0 Å². The van der Waals surface area contributed by atoms with Gasteiger partial charge in [-0.15, -0.1) is 0 Å². The predicted molar refractivity (Wildman–Crippen MR) is 70.2 cm³/mol. The van der Waals surface area contributed by atoms with E-state index in [0.717, 1.165) is 31.2 Å². The maximum Gasteiger partial charge on any atom is 0.170 e. The van der Waals surface area contributed by atoms with E-state index in [1.165, 1.54) is 11.1 Å². The summed E-state index contributed by atoms with van der Waals surface area (Å²) in [4.78, 5) is 12.6. The molecule has 1 aromatic carbocycles. The van der Waals surface area contributed by atoms with E-state index in [0.29, 0.717) is 6.54 Å². The highest BCUT2D eigenvalue weighted by molar-refractivity contribution is 6.01. The van der Waals surface area contributed by atoms with E-state index in [-0.39, 0.29) is 11.2 Å². The highest BCUT2D eigenvalue weighted by Crippen LogP contribution is 2.40. The summed E-state index contributed by atoms with van der Waals surface area (Å²) in [6, 6.07) is 5.98. The minimum Gasteiger partial charge on any atom is -0.329 e. The lowest BCUT2D eigenvalue weighted by Crippen LogP contribution is -2.36. The molecule has 2 rings (SSSR count). The average molecular weight is 231 g/mol. The number of carbonyl (C=O) groups excluding carboxylic acids is 1. The Bertz CT molecular complexity index is 431. The van der Waals surface area contributed by atoms with Gasteiger partial charge in [0.25, 0.3) is 0 Å². The molecule has 17 heavy (non-hydrogen) atoms. The number of hydrogen-bond acceptors (Lipinski definition) is 2. The van der Waals surface area contributed by atoms with Crippen molar-refractivity contribution in [3.05, 3.63) is 34.9 Å². The van der Waals surface area contributed by atoms with Crippen LogP contribution in [0.3, 0.4) is 0 Å². The van der Waals surface area contributed by atoms with E-state index in [9.17, 15) is 4.79 Å². The summed E-state index contributed by atoms with van der Waals surface area (Å²) in [5, 5.41) is 0. The Balaban J connectivity index is 2.32. The second kappa shape index (κ2) is 4.61. The third-order valence-electron chi connectivity index (χ3n) is 4.20. The molecule has 0 atom stereocenters. The molecule has 0 saturated heterocycles. The minimum atomic E-state index is -0.276. The highest BCUT2D eigenvalue weighted by Gasteiger charge is 2.39. The average Bonchev–Trinajstić information content (AvgIpc) is 2.81. The van der Waals surface area contributed by atoms with Crippen LogP contribution in [0.2, 0.25) is 0 Å². The van der Waals surface area contributed by atoms with Crippen molar-refractivity contribution in [3.63, 3.8) is 0 Å². The number of hydrogen-bond donors (Lipinski definition) is 1. The van der Waals surface area contributed by atoms with Gasteiger partial charge in [0, 0.05) is 17.5 Å². The fourth-order valence-electron chi connectivity index (χ4n) is 2.76. The number of rotatable bonds is 3. The first-order valence-electron chi connectivity index (χ1n) is 6.41. The maximum atomic E-state index is 12.6. The van der Waals surface area contributed by atoms with Gasteiger partial charge in [0.1, 0.15) is 0 Å². The first-order valence-corrected chi connectivity index (χ1v) is 6.41. The van der Waals surface area contributed by atoms with Crippen LogP contribution in [0.25, 0.3) is 0 Å². The molecule has 1 aliphatic rings. The summed E-state index contributed by atoms with van der Waals surface area (Å²) in [5.41, 5.74) is 8.82. The molecule has 1 aliphatic carbocycles. The van der Waals surface area contributed by atoms with Gasteiger partial charge < -0.3 is 5.73 Å². The third kappa shape index (κ3) is 2.14. The standard InChI is InChI=1S/C15H21NO/c1-11-5-6-13(9-12(11)2)14(17)15(10-16)7-3-4-8-15/h5-6,9H,3-4,7-8,10,16H2,1-2H3. The largest absolute Gasteiger partial charge is 0.329 e. The Kier molecular flexibility index (Phi) is 3.34. The zero-order valence-corrected chi connectivity index (χ0v) is 10.8. The van der Waals surface area contributed by atoms with E-state index in [1.807, 2.05) is 18.2 Å². The van der Waals surface area contributed by atoms with Crippen molar-refractivity contribution in [2.24, 2.45) is 11.1 Å². The molecule has 1 aromatic rings. The zero-order chi connectivity index (χ0) is 12.5. The number of nitrogens with two attached hydrogens (primary N) is 1. The smallest absolute Gasteiger partial charge is 0.170 e. The van der Waals surface area contributed by atoms with Crippen LogP contribution in [0.4, 0.5) is 0 Å². The molecule has 0 radical (unpaired) electrons. The summed E-state index contributed by atoms with van der Waals surface area (Å²) in [5.74, 6) is 0.251. The second-order valence-electron chi connectivity index (χ2n) is 5.32. The van der Waals surface area contributed by atoms with Crippen LogP contribution in [-0.4, -0.2) is 12.3 Å². The van der Waals surface area contributed by atoms with E-state index in [2.05, 4.69) is 13.8 Å². The molecule has 2 heteroatoms. The maximum absolute atomic E-state index is 12.6. The molecular weight excluding hydrogens is 210 g/mol. The van der Waals surface area contributed by atoms with Crippen LogP contribution in [0.15, 0.2) is 18.2 Å². The van der Waals surface area contributed by atoms with Gasteiger partial charge in [-0.05, 0) is 43.9 Å². The lowest BCUT2D eigenvalue weighted by atomic mass is 9.78. The Morgan fingerprint density at radius 2 is 1.88 bits per heavy atom. The molecule has 0 spiro atoms. The summed E-state index contributed by atoms with van der Waals surface area (Å²) in [6.45, 7) is 4.60. The number of aryl methyl sites for hydroxylation is 2. The molecule has 0 bridgehead atoms. The molecule has 0 aromatic heterocycles. The molecule has 2 N–H and O–H groups in total. The molecule has 2 nitrogen and oxygen atoms in total. The lowest BCUT2D eigenvalue weighted by Gasteiger charge is -2.25. The van der Waals surface area contributed by atoms with Gasteiger partial charge in [-0.2, -0.15) is 0 Å². The quantitative estimate of drug-likeness (QED) is 0.813. The molecule has 1 fully saturated rings. The van der Waals surface area contributed by atoms with Crippen LogP contribution < -0.4 is 5.73 Å². The Morgan fingerprint density at radius 1 is 1.24 bits per heavy atom. The van der Waals surface area contributed by atoms with E-state index >= 15 is 0 Å². The predicted octanol–water partition coefficient (Wildman–Crippen LogP) is 3.01. The van der Waals surface area contributed by atoms with Crippen molar-refractivity contribution >= 4 is 5.78 Å². The summed E-state index contributed by atoms with van der Waals surface area (Å²) >= 11 is 0. The van der Waals surface area contributed by atoms with E-state index < -0.39 is 0 Å². The summed E-state index contributed by atoms with van der Waals surface area (Å²) in [7, 11) is 0. The SMILES string of the molecule is Cc1ccc(C(=O)C2(CN)CCCC2)cc1C. The van der Waals surface area contributed by atoms with Crippen LogP contribution in [0.1, 0.15) is 47.2 Å². The Morgan fingerprint density at radius 3 is 2.41 bits per heavy atom. The van der Waals surface area contributed by atoms with Crippen LogP contribution in [0, 0.1) is 19.3 Å². The summed E-state index contributed by atoms with van der Waals surface area (Å²) in [6.07, 6.45) is 4.17. The minimum absolute atomic E-state index is 0.251. The van der Waals surface area contributed by atoms with Gasteiger partial charge in [-0.25, -0.2) is 0 Å². The first kappa shape index (κ1) is 12.3. The second-order valence-corrected chi connectivity index (χ2v) is 5.32. The molecule has 1 saturated carbocycles. The van der Waals surface area contributed by atoms with Crippen LogP contribution in [-0.2, 0) is 0 Å². The topological polar surface area (TPSA) is 43.1 Å². The molecule has 92 valence electrons. The van der Waals surface area contributed by atoms with Gasteiger partial charge in [-0.1, -0.05) is 25.0 Å². The van der Waals surface area contributed by atoms with E-state index in [4.69, 9.17) is 5.73 Å². The zero-order valence-electron chi connectivity index (χ0n) is 10.8.